The van der Waals surface area contributed by atoms with Crippen molar-refractivity contribution in [1.29, 1.82) is 0 Å². The minimum absolute atomic E-state index is 0.330. The first-order valence-electron chi connectivity index (χ1n) is 6.67. The highest BCUT2D eigenvalue weighted by Crippen LogP contribution is 2.42. The van der Waals surface area contributed by atoms with Gasteiger partial charge in [0.15, 0.2) is 0 Å². The Labute approximate surface area is 109 Å². The molecule has 0 aliphatic heterocycles. The first-order chi connectivity index (χ1) is 8.45. The average molecular weight is 249 g/mol. The molecule has 18 heavy (non-hydrogen) atoms. The van der Waals surface area contributed by atoms with E-state index in [0.29, 0.717) is 11.2 Å². The molecule has 1 unspecified atom stereocenters. The van der Waals surface area contributed by atoms with E-state index in [9.17, 15) is 5.11 Å². The molecule has 1 saturated carbocycles. The molecule has 1 heterocycles. The van der Waals surface area contributed by atoms with Crippen LogP contribution in [0, 0.1) is 5.41 Å². The third-order valence-corrected chi connectivity index (χ3v) is 4.15. The smallest absolute Gasteiger partial charge is 0.137 e. The Morgan fingerprint density at radius 3 is 2.67 bits per heavy atom. The van der Waals surface area contributed by atoms with Gasteiger partial charge in [-0.2, -0.15) is 0 Å². The normalized spacial score (nSPS) is 27.6. The van der Waals surface area contributed by atoms with E-state index in [-0.39, 0.29) is 0 Å². The van der Waals surface area contributed by atoms with Crippen LogP contribution >= 0.6 is 0 Å². The van der Waals surface area contributed by atoms with Gasteiger partial charge in [-0.05, 0) is 43.6 Å². The van der Waals surface area contributed by atoms with Crippen molar-refractivity contribution in [3.05, 3.63) is 24.0 Å². The van der Waals surface area contributed by atoms with Gasteiger partial charge in [-0.1, -0.05) is 13.8 Å². The summed E-state index contributed by atoms with van der Waals surface area (Å²) < 4.78 is 5.19. The largest absolute Gasteiger partial charge is 0.495 e. The van der Waals surface area contributed by atoms with Gasteiger partial charge in [-0.15, -0.1) is 0 Å². The molecule has 1 aliphatic rings. The topological polar surface area (TPSA) is 42.4 Å². The highest BCUT2D eigenvalue weighted by Gasteiger charge is 2.35. The van der Waals surface area contributed by atoms with Crippen molar-refractivity contribution in [2.75, 3.05) is 7.11 Å². The minimum atomic E-state index is -0.741. The molecule has 3 nitrogen and oxygen atoms in total. The average Bonchev–Trinajstić information content (AvgIpc) is 2.50. The van der Waals surface area contributed by atoms with Gasteiger partial charge < -0.3 is 9.84 Å². The van der Waals surface area contributed by atoms with Crippen LogP contribution in [0.25, 0.3) is 0 Å². The summed E-state index contributed by atoms with van der Waals surface area (Å²) in [5.74, 6) is 0.712. The Morgan fingerprint density at radius 1 is 1.17 bits per heavy atom. The molecule has 1 fully saturated rings. The number of hydrogen-bond acceptors (Lipinski definition) is 3. The number of ether oxygens (including phenoxy) is 1. The lowest BCUT2D eigenvalue weighted by atomic mass is 9.83. The quantitative estimate of drug-likeness (QED) is 0.818. The van der Waals surface area contributed by atoms with Gasteiger partial charge >= 0.3 is 0 Å². The third kappa shape index (κ3) is 2.83. The van der Waals surface area contributed by atoms with E-state index in [4.69, 9.17) is 4.74 Å². The molecule has 0 radical (unpaired) electrons. The molecule has 1 aromatic rings. The van der Waals surface area contributed by atoms with Crippen LogP contribution in [0.15, 0.2) is 18.5 Å². The first-order valence-corrected chi connectivity index (χ1v) is 6.67. The zero-order chi connectivity index (χ0) is 13.2. The third-order valence-electron chi connectivity index (χ3n) is 4.15. The van der Waals surface area contributed by atoms with E-state index >= 15 is 0 Å². The van der Waals surface area contributed by atoms with Gasteiger partial charge in [-0.25, -0.2) is 0 Å². The molecule has 0 amide bonds. The van der Waals surface area contributed by atoms with Crippen LogP contribution in [-0.2, 0) is 5.60 Å². The predicted octanol–water partition coefficient (Wildman–Crippen LogP) is 3.27. The molecular weight excluding hydrogens is 226 g/mol. The van der Waals surface area contributed by atoms with Gasteiger partial charge in [0.25, 0.3) is 0 Å². The van der Waals surface area contributed by atoms with Crippen LogP contribution in [0.3, 0.4) is 0 Å². The molecule has 0 spiro atoms. The monoisotopic (exact) mass is 249 g/mol. The molecule has 1 atom stereocenters. The number of pyridine rings is 1. The molecular formula is C15H23NO2. The van der Waals surface area contributed by atoms with Crippen LogP contribution in [0.2, 0.25) is 0 Å². The lowest BCUT2D eigenvalue weighted by Gasteiger charge is -2.28. The summed E-state index contributed by atoms with van der Waals surface area (Å²) in [5.41, 5.74) is 0.478. The molecule has 100 valence electrons. The maximum atomic E-state index is 10.9. The molecule has 1 aliphatic carbocycles. The number of aromatic nitrogens is 1. The van der Waals surface area contributed by atoms with E-state index in [1.165, 1.54) is 6.42 Å². The number of rotatable bonds is 2. The Balaban J connectivity index is 2.24. The minimum Gasteiger partial charge on any atom is -0.495 e. The van der Waals surface area contributed by atoms with Crippen molar-refractivity contribution < 1.29 is 9.84 Å². The zero-order valence-corrected chi connectivity index (χ0v) is 11.6. The Morgan fingerprint density at radius 2 is 1.94 bits per heavy atom. The summed E-state index contributed by atoms with van der Waals surface area (Å²) in [6.07, 6.45) is 8.32. The van der Waals surface area contributed by atoms with Crippen molar-refractivity contribution >= 4 is 0 Å². The summed E-state index contributed by atoms with van der Waals surface area (Å²) in [5, 5.41) is 10.9. The molecule has 2 rings (SSSR count). The highest BCUT2D eigenvalue weighted by molar-refractivity contribution is 5.28. The van der Waals surface area contributed by atoms with Crippen LogP contribution in [0.1, 0.15) is 51.5 Å². The first kappa shape index (κ1) is 13.3. The standard InChI is InChI=1S/C15H23NO2/c1-14(2)5-4-6-15(17,8-7-14)12-9-13(18-3)11-16-10-12/h9-11,17H,4-8H2,1-3H3. The van der Waals surface area contributed by atoms with E-state index in [1.54, 1.807) is 19.5 Å². The van der Waals surface area contributed by atoms with Crippen molar-refractivity contribution in [3.8, 4) is 5.75 Å². The van der Waals surface area contributed by atoms with Gasteiger partial charge in [0, 0.05) is 11.8 Å². The van der Waals surface area contributed by atoms with E-state index in [1.807, 2.05) is 6.07 Å². The Kier molecular flexibility index (Phi) is 3.62. The summed E-state index contributed by atoms with van der Waals surface area (Å²) in [7, 11) is 1.63. The van der Waals surface area contributed by atoms with Crippen LogP contribution in [-0.4, -0.2) is 17.2 Å². The van der Waals surface area contributed by atoms with Crippen molar-refractivity contribution in [2.45, 2.75) is 51.6 Å². The van der Waals surface area contributed by atoms with Crippen molar-refractivity contribution in [1.82, 2.24) is 4.98 Å². The number of nitrogens with zero attached hydrogens (tertiary/aromatic N) is 1. The molecule has 1 aromatic heterocycles. The fourth-order valence-electron chi connectivity index (χ4n) is 2.73. The van der Waals surface area contributed by atoms with Crippen LogP contribution in [0.5, 0.6) is 5.75 Å². The summed E-state index contributed by atoms with van der Waals surface area (Å²) >= 11 is 0. The maximum Gasteiger partial charge on any atom is 0.137 e. The summed E-state index contributed by atoms with van der Waals surface area (Å²) in [6, 6.07) is 1.91. The molecule has 0 saturated heterocycles. The fraction of sp³-hybridized carbons (Fsp3) is 0.667. The second-order valence-corrected chi connectivity index (χ2v) is 6.16. The molecule has 0 aromatic carbocycles. The molecule has 1 N–H and O–H groups in total. The van der Waals surface area contributed by atoms with E-state index in [0.717, 1.165) is 31.2 Å². The lowest BCUT2D eigenvalue weighted by Crippen LogP contribution is -2.25. The fourth-order valence-corrected chi connectivity index (χ4v) is 2.73. The molecule has 0 bridgehead atoms. The van der Waals surface area contributed by atoms with E-state index < -0.39 is 5.60 Å². The Hall–Kier alpha value is -1.09. The maximum absolute atomic E-state index is 10.9. The molecule has 3 heteroatoms. The van der Waals surface area contributed by atoms with E-state index in [2.05, 4.69) is 18.8 Å². The number of aliphatic hydroxyl groups is 1. The second kappa shape index (κ2) is 4.88. The van der Waals surface area contributed by atoms with Gasteiger partial charge in [0.05, 0.1) is 18.9 Å². The summed E-state index contributed by atoms with van der Waals surface area (Å²) in [4.78, 5) is 4.16. The van der Waals surface area contributed by atoms with Crippen LogP contribution in [0.4, 0.5) is 0 Å². The van der Waals surface area contributed by atoms with Crippen LogP contribution < -0.4 is 4.74 Å². The van der Waals surface area contributed by atoms with Gasteiger partial charge in [0.2, 0.25) is 0 Å². The summed E-state index contributed by atoms with van der Waals surface area (Å²) in [6.45, 7) is 4.56. The van der Waals surface area contributed by atoms with Gasteiger partial charge in [0.1, 0.15) is 5.75 Å². The lowest BCUT2D eigenvalue weighted by molar-refractivity contribution is 0.0175. The van der Waals surface area contributed by atoms with Gasteiger partial charge in [-0.3, -0.25) is 4.98 Å². The Bertz CT molecular complexity index is 417. The number of methoxy groups -OCH3 is 1. The van der Waals surface area contributed by atoms with Crippen molar-refractivity contribution in [3.63, 3.8) is 0 Å². The second-order valence-electron chi connectivity index (χ2n) is 6.16. The predicted molar refractivity (Wildman–Crippen MR) is 71.6 cm³/mol. The number of hydrogen-bond donors (Lipinski definition) is 1. The SMILES string of the molecule is COc1cncc(C2(O)CCCC(C)(C)CC2)c1. The zero-order valence-electron chi connectivity index (χ0n) is 11.6. The highest BCUT2D eigenvalue weighted by atomic mass is 16.5. The van der Waals surface area contributed by atoms with Crippen molar-refractivity contribution in [2.24, 2.45) is 5.41 Å².